The highest BCUT2D eigenvalue weighted by Crippen LogP contribution is 2.24. The summed E-state index contributed by atoms with van der Waals surface area (Å²) in [5, 5.41) is 8.26. The molecule has 6 heteroatoms. The smallest absolute Gasteiger partial charge is 0.238 e. The molecule has 3 aromatic carbocycles. The van der Waals surface area contributed by atoms with Gasteiger partial charge in [-0.05, 0) is 54.8 Å². The van der Waals surface area contributed by atoms with Crippen LogP contribution in [0.4, 0.5) is 5.69 Å². The number of anilines is 1. The number of fused-ring (bicyclic) bond motifs is 1. The van der Waals surface area contributed by atoms with Crippen LogP contribution >= 0.6 is 11.8 Å². The van der Waals surface area contributed by atoms with E-state index in [9.17, 15) is 9.59 Å². The first kappa shape index (κ1) is 21.9. The fourth-order valence-corrected chi connectivity index (χ4v) is 3.89. The molecule has 156 valence electrons. The third kappa shape index (κ3) is 5.84. The number of hydrogen-bond acceptors (Lipinski definition) is 4. The van der Waals surface area contributed by atoms with Crippen LogP contribution in [0.1, 0.15) is 18.5 Å². The lowest BCUT2D eigenvalue weighted by molar-refractivity contribution is -0.123. The molecule has 1 atom stereocenters. The molecule has 0 saturated carbocycles. The minimum Gasteiger partial charge on any atom is -0.348 e. The van der Waals surface area contributed by atoms with Crippen LogP contribution in [0.5, 0.6) is 0 Å². The first-order chi connectivity index (χ1) is 14.5. The molecule has 0 aromatic heterocycles. The number of carbonyl (C=O) groups excluding carboxylic acids is 2. The molecule has 3 aromatic rings. The van der Waals surface area contributed by atoms with E-state index in [1.807, 2.05) is 55.6 Å². The maximum Gasteiger partial charge on any atom is 0.238 e. The van der Waals surface area contributed by atoms with E-state index < -0.39 is 0 Å². The minimum atomic E-state index is -0.144. The van der Waals surface area contributed by atoms with Gasteiger partial charge < -0.3 is 10.6 Å². The summed E-state index contributed by atoms with van der Waals surface area (Å²) in [6, 6.07) is 21.9. The first-order valence-corrected chi connectivity index (χ1v) is 11.1. The Labute approximate surface area is 181 Å². The SMILES string of the molecule is CSc1ccccc1NC(=O)CN(C)CC(=O)N[C@@H](C)c1ccc2ccccc2c1. The summed E-state index contributed by atoms with van der Waals surface area (Å²) in [7, 11) is 1.76. The lowest BCUT2D eigenvalue weighted by Crippen LogP contribution is -2.39. The molecule has 5 nitrogen and oxygen atoms in total. The number of benzene rings is 3. The minimum absolute atomic E-state index is 0.113. The van der Waals surface area contributed by atoms with Gasteiger partial charge in [0.2, 0.25) is 11.8 Å². The summed E-state index contributed by atoms with van der Waals surface area (Å²) in [6.45, 7) is 2.25. The molecule has 0 aliphatic heterocycles. The standard InChI is InChI=1S/C24H27N3O2S/c1-17(19-13-12-18-8-4-5-9-20(18)14-19)25-23(28)15-27(2)16-24(29)26-21-10-6-7-11-22(21)30-3/h4-14,17H,15-16H2,1-3H3,(H,25,28)(H,26,29)/t17-/m0/s1. The monoisotopic (exact) mass is 421 g/mol. The molecule has 0 saturated heterocycles. The Hall–Kier alpha value is -2.83. The second-order valence-electron chi connectivity index (χ2n) is 7.32. The van der Waals surface area contributed by atoms with Gasteiger partial charge in [-0.1, -0.05) is 48.5 Å². The van der Waals surface area contributed by atoms with Gasteiger partial charge in [-0.25, -0.2) is 0 Å². The van der Waals surface area contributed by atoms with E-state index in [0.29, 0.717) is 0 Å². The molecule has 30 heavy (non-hydrogen) atoms. The van der Waals surface area contributed by atoms with Gasteiger partial charge in [0.1, 0.15) is 0 Å². The molecule has 0 radical (unpaired) electrons. The third-order valence-corrected chi connectivity index (χ3v) is 5.65. The van der Waals surface area contributed by atoms with Crippen LogP contribution in [0, 0.1) is 0 Å². The zero-order chi connectivity index (χ0) is 21.5. The summed E-state index contributed by atoms with van der Waals surface area (Å²) >= 11 is 1.58. The first-order valence-electron chi connectivity index (χ1n) is 9.85. The molecule has 0 aliphatic carbocycles. The van der Waals surface area contributed by atoms with Crippen LogP contribution in [0.3, 0.4) is 0 Å². The zero-order valence-corrected chi connectivity index (χ0v) is 18.3. The maximum absolute atomic E-state index is 12.5. The molecule has 3 rings (SSSR count). The quantitative estimate of drug-likeness (QED) is 0.532. The summed E-state index contributed by atoms with van der Waals surface area (Å²) < 4.78 is 0. The van der Waals surface area contributed by atoms with Crippen LogP contribution in [0.15, 0.2) is 71.6 Å². The van der Waals surface area contributed by atoms with Crippen molar-refractivity contribution in [3.8, 4) is 0 Å². The third-order valence-electron chi connectivity index (χ3n) is 4.86. The molecule has 0 unspecified atom stereocenters. The van der Waals surface area contributed by atoms with E-state index >= 15 is 0 Å². The van der Waals surface area contributed by atoms with Crippen LogP contribution in [-0.2, 0) is 9.59 Å². The number of carbonyl (C=O) groups is 2. The van der Waals surface area contributed by atoms with Crippen LogP contribution < -0.4 is 10.6 Å². The lowest BCUT2D eigenvalue weighted by atomic mass is 10.0. The number of nitrogens with zero attached hydrogens (tertiary/aromatic N) is 1. The van der Waals surface area contributed by atoms with E-state index in [0.717, 1.165) is 21.5 Å². The topological polar surface area (TPSA) is 61.4 Å². The van der Waals surface area contributed by atoms with Gasteiger partial charge in [-0.3, -0.25) is 14.5 Å². The summed E-state index contributed by atoms with van der Waals surface area (Å²) in [5.41, 5.74) is 1.84. The van der Waals surface area contributed by atoms with E-state index in [2.05, 4.69) is 34.9 Å². The van der Waals surface area contributed by atoms with Gasteiger partial charge in [0.15, 0.2) is 0 Å². The molecule has 0 bridgehead atoms. The van der Waals surface area contributed by atoms with Crippen LogP contribution in [0.25, 0.3) is 10.8 Å². The molecule has 0 fully saturated rings. The van der Waals surface area contributed by atoms with Crippen molar-refractivity contribution in [3.63, 3.8) is 0 Å². The average molecular weight is 422 g/mol. The molecule has 0 heterocycles. The number of nitrogens with one attached hydrogen (secondary N) is 2. The Kier molecular flexibility index (Phi) is 7.49. The predicted molar refractivity (Wildman–Crippen MR) is 125 cm³/mol. The fraction of sp³-hybridized carbons (Fsp3) is 0.250. The Bertz CT molecular complexity index is 1040. The van der Waals surface area contributed by atoms with Gasteiger partial charge in [0, 0.05) is 4.90 Å². The van der Waals surface area contributed by atoms with Crippen molar-refractivity contribution in [2.24, 2.45) is 0 Å². The molecule has 0 aliphatic rings. The summed E-state index contributed by atoms with van der Waals surface area (Å²) in [4.78, 5) is 27.5. The van der Waals surface area contributed by atoms with E-state index in [4.69, 9.17) is 0 Å². The molecular weight excluding hydrogens is 394 g/mol. The zero-order valence-electron chi connectivity index (χ0n) is 17.5. The van der Waals surface area contributed by atoms with Gasteiger partial charge in [0.05, 0.1) is 24.8 Å². The van der Waals surface area contributed by atoms with Crippen LogP contribution in [0.2, 0.25) is 0 Å². The number of para-hydroxylation sites is 1. The number of likely N-dealkylation sites (N-methyl/N-ethyl adjacent to an activating group) is 1. The highest BCUT2D eigenvalue weighted by Gasteiger charge is 2.15. The van der Waals surface area contributed by atoms with Gasteiger partial charge in [-0.15, -0.1) is 11.8 Å². The Morgan fingerprint density at radius 2 is 1.60 bits per heavy atom. The fourth-order valence-electron chi connectivity index (χ4n) is 3.33. The summed E-state index contributed by atoms with van der Waals surface area (Å²) in [5.74, 6) is -0.259. The van der Waals surface area contributed by atoms with Crippen molar-refractivity contribution in [3.05, 3.63) is 72.3 Å². The number of amides is 2. The average Bonchev–Trinajstić information content (AvgIpc) is 2.73. The van der Waals surface area contributed by atoms with E-state index in [1.54, 1.807) is 23.7 Å². The number of rotatable bonds is 8. The second-order valence-corrected chi connectivity index (χ2v) is 8.16. The van der Waals surface area contributed by atoms with Crippen LogP contribution in [-0.4, -0.2) is 43.1 Å². The second kappa shape index (κ2) is 10.3. The van der Waals surface area contributed by atoms with Gasteiger partial charge >= 0.3 is 0 Å². The Morgan fingerprint density at radius 3 is 2.37 bits per heavy atom. The number of thioether (sulfide) groups is 1. The molecular formula is C24H27N3O2S. The maximum atomic E-state index is 12.5. The Balaban J connectivity index is 1.51. The molecule has 2 N–H and O–H groups in total. The highest BCUT2D eigenvalue weighted by molar-refractivity contribution is 7.98. The lowest BCUT2D eigenvalue weighted by Gasteiger charge is -2.19. The predicted octanol–water partition coefficient (Wildman–Crippen LogP) is 4.31. The van der Waals surface area contributed by atoms with Crippen molar-refractivity contribution < 1.29 is 9.59 Å². The van der Waals surface area contributed by atoms with Crippen molar-refractivity contribution in [2.45, 2.75) is 17.9 Å². The Morgan fingerprint density at radius 1 is 0.933 bits per heavy atom. The summed E-state index contributed by atoms with van der Waals surface area (Å²) in [6.07, 6.45) is 1.97. The molecule has 2 amide bonds. The largest absolute Gasteiger partial charge is 0.348 e. The highest BCUT2D eigenvalue weighted by atomic mass is 32.2. The van der Waals surface area contributed by atoms with Crippen molar-refractivity contribution in [1.29, 1.82) is 0 Å². The number of hydrogen-bond donors (Lipinski definition) is 2. The molecule has 0 spiro atoms. The van der Waals surface area contributed by atoms with Gasteiger partial charge in [0.25, 0.3) is 0 Å². The normalized spacial score (nSPS) is 12.0. The van der Waals surface area contributed by atoms with Crippen molar-refractivity contribution in [2.75, 3.05) is 31.7 Å². The van der Waals surface area contributed by atoms with Crippen molar-refractivity contribution in [1.82, 2.24) is 10.2 Å². The van der Waals surface area contributed by atoms with E-state index in [1.165, 1.54) is 5.39 Å². The van der Waals surface area contributed by atoms with Crippen molar-refractivity contribution >= 4 is 40.0 Å². The van der Waals surface area contributed by atoms with Gasteiger partial charge in [-0.2, -0.15) is 0 Å². The van der Waals surface area contributed by atoms with E-state index in [-0.39, 0.29) is 30.9 Å².